The van der Waals surface area contributed by atoms with Crippen LogP contribution in [0.25, 0.3) is 6.08 Å². The summed E-state index contributed by atoms with van der Waals surface area (Å²) in [6, 6.07) is 10.3. The van der Waals surface area contributed by atoms with Crippen LogP contribution in [0, 0.1) is 29.6 Å². The maximum atomic E-state index is 9.96. The summed E-state index contributed by atoms with van der Waals surface area (Å²) in [5.74, 6) is -0.161. The van der Waals surface area contributed by atoms with Crippen LogP contribution in [0.1, 0.15) is 53.6 Å². The molecule has 0 N–H and O–H groups in total. The second-order valence-corrected chi connectivity index (χ2v) is 6.37. The maximum absolute atomic E-state index is 9.96. The lowest BCUT2D eigenvalue weighted by atomic mass is 9.88. The van der Waals surface area contributed by atoms with Gasteiger partial charge in [0, 0.05) is 11.6 Å². The van der Waals surface area contributed by atoms with E-state index in [1.807, 2.05) is 45.0 Å². The van der Waals surface area contributed by atoms with Crippen molar-refractivity contribution in [3.8, 4) is 24.0 Å². The summed E-state index contributed by atoms with van der Waals surface area (Å²) in [5, 5.41) is 18.7. The number of aromatic nitrogens is 2. The molecule has 0 aliphatic heterocycles. The highest BCUT2D eigenvalue weighted by Gasteiger charge is 2.26. The van der Waals surface area contributed by atoms with Gasteiger partial charge in [-0.05, 0) is 36.1 Å². The van der Waals surface area contributed by atoms with E-state index in [-0.39, 0.29) is 11.9 Å². The van der Waals surface area contributed by atoms with Crippen LogP contribution in [0.4, 0.5) is 0 Å². The molecule has 0 amide bonds. The summed E-state index contributed by atoms with van der Waals surface area (Å²) in [5.41, 5.74) is 3.98. The molecule has 1 aromatic heterocycles. The van der Waals surface area contributed by atoms with Crippen molar-refractivity contribution in [1.29, 1.82) is 10.5 Å². The third kappa shape index (κ3) is 4.43. The lowest BCUT2D eigenvalue weighted by Crippen LogP contribution is -2.12. The lowest BCUT2D eigenvalue weighted by Gasteiger charge is -2.20. The Bertz CT molecular complexity index is 936. The van der Waals surface area contributed by atoms with E-state index in [0.717, 1.165) is 22.3 Å². The van der Waals surface area contributed by atoms with Crippen molar-refractivity contribution in [2.45, 2.75) is 32.6 Å². The summed E-state index contributed by atoms with van der Waals surface area (Å²) in [6.07, 6.45) is 3.13. The van der Waals surface area contributed by atoms with Gasteiger partial charge in [0.25, 0.3) is 0 Å². The van der Waals surface area contributed by atoms with Gasteiger partial charge in [-0.15, -0.1) is 0 Å². The third-order valence-electron chi connectivity index (χ3n) is 4.08. The van der Waals surface area contributed by atoms with Gasteiger partial charge in [0.15, 0.2) is 0 Å². The highest BCUT2D eigenvalue weighted by molar-refractivity contribution is 5.56. The normalized spacial score (nSPS) is 11.9. The second kappa shape index (κ2) is 8.82. The summed E-state index contributed by atoms with van der Waals surface area (Å²) in [7, 11) is 3.02. The SMILES string of the molecule is COc1nc(OC)c(C(C)C)c(C(C#N)c2cc(C)cc(/C=C/C#N)c2)n1. The van der Waals surface area contributed by atoms with E-state index in [1.54, 1.807) is 6.08 Å². The van der Waals surface area contributed by atoms with Crippen LogP contribution < -0.4 is 9.47 Å². The molecule has 6 nitrogen and oxygen atoms in total. The largest absolute Gasteiger partial charge is 0.481 e. The summed E-state index contributed by atoms with van der Waals surface area (Å²) >= 11 is 0. The van der Waals surface area contributed by atoms with Gasteiger partial charge >= 0.3 is 6.01 Å². The fraction of sp³-hybridized carbons (Fsp3) is 0.333. The van der Waals surface area contributed by atoms with Crippen LogP contribution in [-0.4, -0.2) is 24.2 Å². The zero-order valence-corrected chi connectivity index (χ0v) is 16.1. The first-order valence-electron chi connectivity index (χ1n) is 8.52. The molecule has 27 heavy (non-hydrogen) atoms. The zero-order chi connectivity index (χ0) is 20.0. The van der Waals surface area contributed by atoms with Crippen LogP contribution in [-0.2, 0) is 0 Å². The average molecular weight is 362 g/mol. The van der Waals surface area contributed by atoms with Gasteiger partial charge in [0.1, 0.15) is 5.92 Å². The molecule has 1 heterocycles. The molecule has 0 fully saturated rings. The first-order valence-corrected chi connectivity index (χ1v) is 8.52. The van der Waals surface area contributed by atoms with Gasteiger partial charge in [0.05, 0.1) is 32.1 Å². The number of ether oxygens (including phenoxy) is 2. The number of hydrogen-bond acceptors (Lipinski definition) is 6. The Kier molecular flexibility index (Phi) is 6.51. The number of nitriles is 2. The minimum absolute atomic E-state index is 0.0551. The molecular weight excluding hydrogens is 340 g/mol. The van der Waals surface area contributed by atoms with Crippen LogP contribution in [0.5, 0.6) is 11.9 Å². The first kappa shape index (κ1) is 19.9. The van der Waals surface area contributed by atoms with Crippen molar-refractivity contribution in [2.24, 2.45) is 0 Å². The molecule has 0 saturated heterocycles. The van der Waals surface area contributed by atoms with E-state index < -0.39 is 5.92 Å². The smallest absolute Gasteiger partial charge is 0.319 e. The molecule has 0 saturated carbocycles. The molecule has 6 heteroatoms. The summed E-state index contributed by atoms with van der Waals surface area (Å²) in [4.78, 5) is 8.75. The maximum Gasteiger partial charge on any atom is 0.319 e. The Morgan fingerprint density at radius 2 is 1.81 bits per heavy atom. The van der Waals surface area contributed by atoms with Crippen molar-refractivity contribution in [2.75, 3.05) is 14.2 Å². The number of allylic oxidation sites excluding steroid dienone is 1. The van der Waals surface area contributed by atoms with E-state index in [2.05, 4.69) is 16.0 Å². The number of aryl methyl sites for hydroxylation is 1. The molecule has 0 radical (unpaired) electrons. The second-order valence-electron chi connectivity index (χ2n) is 6.37. The Hall–Kier alpha value is -3.38. The molecule has 138 valence electrons. The number of benzene rings is 1. The average Bonchev–Trinajstić information content (AvgIpc) is 2.65. The number of nitrogens with zero attached hydrogens (tertiary/aromatic N) is 4. The van der Waals surface area contributed by atoms with E-state index in [1.165, 1.54) is 20.3 Å². The minimum Gasteiger partial charge on any atom is -0.481 e. The van der Waals surface area contributed by atoms with Crippen LogP contribution in [0.15, 0.2) is 24.3 Å². The minimum atomic E-state index is -0.623. The summed E-state index contributed by atoms with van der Waals surface area (Å²) < 4.78 is 10.6. The lowest BCUT2D eigenvalue weighted by molar-refractivity contribution is 0.345. The number of rotatable bonds is 6. The van der Waals surface area contributed by atoms with Gasteiger partial charge in [-0.25, -0.2) is 0 Å². The molecule has 0 aliphatic rings. The van der Waals surface area contributed by atoms with E-state index in [4.69, 9.17) is 14.7 Å². The molecule has 0 aliphatic carbocycles. The van der Waals surface area contributed by atoms with Crippen LogP contribution >= 0.6 is 0 Å². The molecule has 0 bridgehead atoms. The Balaban J connectivity index is 2.72. The van der Waals surface area contributed by atoms with Gasteiger partial charge in [-0.2, -0.15) is 20.5 Å². The molecule has 1 aromatic carbocycles. The topological polar surface area (TPSA) is 91.8 Å². The van der Waals surface area contributed by atoms with Gasteiger partial charge < -0.3 is 9.47 Å². The van der Waals surface area contributed by atoms with Crippen LogP contribution in [0.2, 0.25) is 0 Å². The van der Waals surface area contributed by atoms with Crippen molar-refractivity contribution in [1.82, 2.24) is 9.97 Å². The van der Waals surface area contributed by atoms with E-state index in [0.29, 0.717) is 11.6 Å². The highest BCUT2D eigenvalue weighted by Crippen LogP contribution is 2.36. The van der Waals surface area contributed by atoms with Gasteiger partial charge in [0.2, 0.25) is 5.88 Å². The zero-order valence-electron chi connectivity index (χ0n) is 16.1. The monoisotopic (exact) mass is 362 g/mol. The van der Waals surface area contributed by atoms with Gasteiger partial charge in [-0.3, -0.25) is 0 Å². The van der Waals surface area contributed by atoms with Crippen molar-refractivity contribution >= 4 is 6.08 Å². The predicted octanol–water partition coefficient (Wildman–Crippen LogP) is 4.12. The third-order valence-corrected chi connectivity index (χ3v) is 4.08. The number of hydrogen-bond donors (Lipinski definition) is 0. The highest BCUT2D eigenvalue weighted by atomic mass is 16.5. The van der Waals surface area contributed by atoms with Crippen molar-refractivity contribution in [3.05, 3.63) is 52.2 Å². The molecule has 1 unspecified atom stereocenters. The molecule has 1 atom stereocenters. The predicted molar refractivity (Wildman–Crippen MR) is 103 cm³/mol. The number of methoxy groups -OCH3 is 2. The fourth-order valence-corrected chi connectivity index (χ4v) is 2.99. The van der Waals surface area contributed by atoms with Crippen molar-refractivity contribution < 1.29 is 9.47 Å². The van der Waals surface area contributed by atoms with Crippen LogP contribution in [0.3, 0.4) is 0 Å². The van der Waals surface area contributed by atoms with Crippen molar-refractivity contribution in [3.63, 3.8) is 0 Å². The Morgan fingerprint density at radius 1 is 1.07 bits per heavy atom. The Morgan fingerprint density at radius 3 is 2.37 bits per heavy atom. The first-order chi connectivity index (χ1) is 12.9. The summed E-state index contributed by atoms with van der Waals surface area (Å²) in [6.45, 7) is 5.96. The molecule has 2 aromatic rings. The van der Waals surface area contributed by atoms with E-state index >= 15 is 0 Å². The standard InChI is InChI=1S/C21H22N4O2/c1-13(2)18-19(24-21(27-5)25-20(18)26-4)17(12-23)16-10-14(3)9-15(11-16)7-6-8-22/h6-7,9-11,13,17H,1-5H3/b7-6+. The molecular formula is C21H22N4O2. The quantitative estimate of drug-likeness (QED) is 0.718. The van der Waals surface area contributed by atoms with Gasteiger partial charge in [-0.1, -0.05) is 31.5 Å². The molecule has 0 spiro atoms. The fourth-order valence-electron chi connectivity index (χ4n) is 2.99. The van der Waals surface area contributed by atoms with E-state index in [9.17, 15) is 5.26 Å². The Labute approximate surface area is 159 Å². The molecule has 2 rings (SSSR count).